The zero-order chi connectivity index (χ0) is 34.1. The maximum absolute atomic E-state index is 5.92. The van der Waals surface area contributed by atoms with Crippen molar-refractivity contribution in [3.05, 3.63) is 163 Å². The van der Waals surface area contributed by atoms with Gasteiger partial charge < -0.3 is 13.8 Å². The van der Waals surface area contributed by atoms with Crippen molar-refractivity contribution in [1.29, 1.82) is 0 Å². The number of hydrogen-bond acceptors (Lipinski definition) is 7. The molecular weight excluding hydrogens is 869 g/mol. The SMILES string of the molecule is Cc1[c-]c(N=[C-]c2ccc(-c3cc(-c4ccc(-c5nc6cccnc6o5)cc4)cc(-c4ccc(-c5nc6cccnc6o5)cc4)c3)cc2)ccc1.[U+2]. The molecule has 9 rings (SSSR count). The number of nitrogens with zero attached hydrogens (tertiary/aromatic N) is 5. The first-order valence-electron chi connectivity index (χ1n) is 16.5. The molecule has 0 amide bonds. The predicted molar refractivity (Wildman–Crippen MR) is 201 cm³/mol. The maximum Gasteiger partial charge on any atom is 2.00 e. The number of rotatable bonds is 7. The Morgan fingerprint density at radius 1 is 0.519 bits per heavy atom. The predicted octanol–water partition coefficient (Wildman–Crippen LogP) is 10.8. The third kappa shape index (κ3) is 6.87. The first kappa shape index (κ1) is 33.2. The van der Waals surface area contributed by atoms with E-state index in [0.717, 1.165) is 72.4 Å². The van der Waals surface area contributed by atoms with Gasteiger partial charge in [-0.1, -0.05) is 43.3 Å². The van der Waals surface area contributed by atoms with Gasteiger partial charge in [0.05, 0.1) is 0 Å². The summed E-state index contributed by atoms with van der Waals surface area (Å²) in [4.78, 5) is 22.3. The molecular formula is C44H27N5O2U. The zero-order valence-electron chi connectivity index (χ0n) is 27.9. The number of aliphatic imine (C=N–C) groups is 1. The van der Waals surface area contributed by atoms with Crippen LogP contribution in [0.1, 0.15) is 11.1 Å². The van der Waals surface area contributed by atoms with Crippen LogP contribution in [0.3, 0.4) is 0 Å². The van der Waals surface area contributed by atoms with E-state index in [-0.39, 0.29) is 31.1 Å². The summed E-state index contributed by atoms with van der Waals surface area (Å²) in [5.41, 5.74) is 13.4. The summed E-state index contributed by atoms with van der Waals surface area (Å²) in [5, 5.41) is 0. The van der Waals surface area contributed by atoms with Gasteiger partial charge in [-0.05, 0) is 106 Å². The van der Waals surface area contributed by atoms with Crippen molar-refractivity contribution in [2.45, 2.75) is 6.92 Å². The second kappa shape index (κ2) is 14.4. The molecule has 5 aromatic carbocycles. The monoisotopic (exact) mass is 895 g/mol. The Balaban J connectivity index is 0.00000387. The molecule has 0 bridgehead atoms. The Morgan fingerprint density at radius 3 is 1.44 bits per heavy atom. The van der Waals surface area contributed by atoms with Gasteiger partial charge in [0.25, 0.3) is 0 Å². The molecule has 0 aliphatic heterocycles. The number of aryl methyl sites for hydroxylation is 1. The van der Waals surface area contributed by atoms with Crippen LogP contribution in [0.2, 0.25) is 0 Å². The molecule has 4 heterocycles. The summed E-state index contributed by atoms with van der Waals surface area (Å²) in [6.07, 6.45) is 6.56. The van der Waals surface area contributed by atoms with E-state index in [1.165, 1.54) is 0 Å². The van der Waals surface area contributed by atoms with Crippen molar-refractivity contribution in [3.63, 3.8) is 0 Å². The normalized spacial score (nSPS) is 11.3. The van der Waals surface area contributed by atoms with Crippen molar-refractivity contribution in [2.75, 3.05) is 0 Å². The average molecular weight is 896 g/mol. The van der Waals surface area contributed by atoms with Crippen molar-refractivity contribution in [3.8, 4) is 56.3 Å². The van der Waals surface area contributed by atoms with E-state index < -0.39 is 0 Å². The number of hydrogen-bond donors (Lipinski definition) is 0. The Kier molecular flexibility index (Phi) is 9.17. The molecule has 0 radical (unpaired) electrons. The number of benzene rings is 5. The van der Waals surface area contributed by atoms with E-state index in [1.54, 1.807) is 12.4 Å². The largest absolute Gasteiger partial charge is 2.00 e. The fourth-order valence-electron chi connectivity index (χ4n) is 6.02. The first-order valence-corrected chi connectivity index (χ1v) is 16.5. The Bertz CT molecular complexity index is 2500. The Hall–Kier alpha value is -5.94. The smallest absolute Gasteiger partial charge is 0.418 e. The van der Waals surface area contributed by atoms with E-state index in [0.29, 0.717) is 23.2 Å². The third-order valence-corrected chi connectivity index (χ3v) is 8.65. The van der Waals surface area contributed by atoms with Crippen LogP contribution < -0.4 is 0 Å². The Labute approximate surface area is 323 Å². The molecule has 0 spiro atoms. The summed E-state index contributed by atoms with van der Waals surface area (Å²) in [7, 11) is 0. The van der Waals surface area contributed by atoms with Crippen molar-refractivity contribution < 1.29 is 39.9 Å². The van der Waals surface area contributed by atoms with Crippen LogP contribution in [-0.2, 0) is 0 Å². The summed E-state index contributed by atoms with van der Waals surface area (Å²) in [6, 6.07) is 48.1. The molecule has 0 saturated carbocycles. The average Bonchev–Trinajstić information content (AvgIpc) is 3.83. The molecule has 0 fully saturated rings. The van der Waals surface area contributed by atoms with Crippen molar-refractivity contribution in [1.82, 2.24) is 19.9 Å². The fourth-order valence-corrected chi connectivity index (χ4v) is 6.02. The second-order valence-corrected chi connectivity index (χ2v) is 12.2. The second-order valence-electron chi connectivity index (χ2n) is 12.2. The van der Waals surface area contributed by atoms with E-state index in [4.69, 9.17) is 8.83 Å². The van der Waals surface area contributed by atoms with Crippen LogP contribution in [0.4, 0.5) is 5.69 Å². The van der Waals surface area contributed by atoms with E-state index in [2.05, 4.69) is 91.8 Å². The van der Waals surface area contributed by atoms with E-state index in [9.17, 15) is 0 Å². The van der Waals surface area contributed by atoms with Crippen LogP contribution in [0.5, 0.6) is 0 Å². The van der Waals surface area contributed by atoms with Gasteiger partial charge in [0.15, 0.2) is 0 Å². The molecule has 244 valence electrons. The van der Waals surface area contributed by atoms with Gasteiger partial charge >= 0.3 is 31.1 Å². The summed E-state index contributed by atoms with van der Waals surface area (Å²) in [6.45, 7) is 2.00. The summed E-state index contributed by atoms with van der Waals surface area (Å²) >= 11 is 0. The first-order chi connectivity index (χ1) is 25.1. The van der Waals surface area contributed by atoms with Crippen LogP contribution in [0.25, 0.3) is 78.7 Å². The van der Waals surface area contributed by atoms with Crippen LogP contribution in [0, 0.1) is 44.1 Å². The minimum Gasteiger partial charge on any atom is -0.418 e. The molecule has 9 aromatic rings. The summed E-state index contributed by atoms with van der Waals surface area (Å²) < 4.78 is 11.8. The quantitative estimate of drug-likeness (QED) is 0.117. The third-order valence-electron chi connectivity index (χ3n) is 8.65. The van der Waals surface area contributed by atoms with Crippen LogP contribution >= 0.6 is 0 Å². The number of pyridine rings is 2. The summed E-state index contributed by atoms with van der Waals surface area (Å²) in [5.74, 6) is 1.08. The molecule has 0 aliphatic carbocycles. The van der Waals surface area contributed by atoms with Gasteiger partial charge in [0.1, 0.15) is 11.0 Å². The molecule has 0 N–H and O–H groups in total. The van der Waals surface area contributed by atoms with Crippen LogP contribution in [-0.4, -0.2) is 26.2 Å². The number of oxazole rings is 2. The van der Waals surface area contributed by atoms with Gasteiger partial charge in [-0.2, -0.15) is 23.8 Å². The van der Waals surface area contributed by atoms with E-state index in [1.807, 2.05) is 85.8 Å². The Morgan fingerprint density at radius 2 is 0.981 bits per heavy atom. The fraction of sp³-hybridized carbons (Fsp3) is 0.0227. The van der Waals surface area contributed by atoms with Gasteiger partial charge in [-0.25, -0.2) is 26.0 Å². The van der Waals surface area contributed by atoms with Crippen LogP contribution in [0.15, 0.2) is 160 Å². The van der Waals surface area contributed by atoms with Gasteiger partial charge in [-0.3, -0.25) is 0 Å². The topological polar surface area (TPSA) is 90.2 Å². The standard InChI is InChI=1S/C44H27N5O2.U/c1-28-5-2-6-38(23-28)47-27-29-9-11-30(12-10-29)35-24-36(31-13-17-33(18-14-31)41-48-39-7-3-21-45-43(39)50-41)26-37(25-35)32-15-19-34(20-16-32)42-49-40-8-4-22-46-44(40)51-42;/h2-22,24-26H,1H3;/q-2;+2. The minimum atomic E-state index is 0. The molecule has 0 atom stereocenters. The molecule has 0 unspecified atom stereocenters. The molecule has 8 heteroatoms. The van der Waals surface area contributed by atoms with Crippen molar-refractivity contribution >= 4 is 34.4 Å². The maximum atomic E-state index is 5.92. The molecule has 4 aromatic heterocycles. The zero-order valence-corrected chi connectivity index (χ0v) is 32.1. The van der Waals surface area contributed by atoms with E-state index >= 15 is 0 Å². The number of aromatic nitrogens is 4. The molecule has 0 saturated heterocycles. The molecule has 7 nitrogen and oxygen atoms in total. The number of fused-ring (bicyclic) bond motifs is 2. The molecule has 0 aliphatic rings. The van der Waals surface area contributed by atoms with Gasteiger partial charge in [0, 0.05) is 23.5 Å². The minimum absolute atomic E-state index is 0. The van der Waals surface area contributed by atoms with Gasteiger partial charge in [0.2, 0.25) is 23.2 Å². The van der Waals surface area contributed by atoms with Gasteiger partial charge in [-0.15, -0.1) is 23.4 Å². The molecule has 52 heavy (non-hydrogen) atoms. The van der Waals surface area contributed by atoms with Crippen molar-refractivity contribution in [2.24, 2.45) is 4.99 Å².